The number of benzene rings is 1. The number of nitrogens with zero attached hydrogens (tertiary/aromatic N) is 3. The minimum Gasteiger partial charge on any atom is -0.325 e. The average Bonchev–Trinajstić information content (AvgIpc) is 2.99. The van der Waals surface area contributed by atoms with Crippen molar-refractivity contribution in [3.63, 3.8) is 0 Å². The van der Waals surface area contributed by atoms with E-state index in [2.05, 4.69) is 16.1 Å². The van der Waals surface area contributed by atoms with Gasteiger partial charge in [0.05, 0.1) is 5.69 Å². The lowest BCUT2D eigenvalue weighted by atomic mass is 9.95. The van der Waals surface area contributed by atoms with Gasteiger partial charge in [0.15, 0.2) is 0 Å². The second-order valence-corrected chi connectivity index (χ2v) is 5.61. The van der Waals surface area contributed by atoms with Crippen LogP contribution in [0.5, 0.6) is 0 Å². The summed E-state index contributed by atoms with van der Waals surface area (Å²) < 4.78 is 1.77. The molecule has 1 N–H and O–H groups in total. The van der Waals surface area contributed by atoms with E-state index in [4.69, 9.17) is 0 Å². The van der Waals surface area contributed by atoms with Gasteiger partial charge in [-0.15, -0.1) is 0 Å². The number of pyridine rings is 1. The first-order valence-electron chi connectivity index (χ1n) is 7.27. The van der Waals surface area contributed by atoms with Crippen molar-refractivity contribution in [2.24, 2.45) is 0 Å². The van der Waals surface area contributed by atoms with Crippen LogP contribution in [0.1, 0.15) is 22.4 Å². The van der Waals surface area contributed by atoms with Gasteiger partial charge < -0.3 is 4.98 Å². The van der Waals surface area contributed by atoms with E-state index in [9.17, 15) is 10.1 Å². The van der Waals surface area contributed by atoms with Crippen LogP contribution in [0.2, 0.25) is 0 Å². The van der Waals surface area contributed by atoms with E-state index >= 15 is 0 Å². The van der Waals surface area contributed by atoms with Gasteiger partial charge in [-0.2, -0.15) is 10.4 Å². The molecule has 23 heavy (non-hydrogen) atoms. The fourth-order valence-corrected chi connectivity index (χ4v) is 2.88. The first kappa shape index (κ1) is 14.8. The van der Waals surface area contributed by atoms with Gasteiger partial charge in [-0.05, 0) is 44.5 Å². The van der Waals surface area contributed by atoms with Gasteiger partial charge >= 0.3 is 0 Å². The number of aryl methyl sites for hydroxylation is 3. The molecule has 0 radical (unpaired) electrons. The zero-order valence-electron chi connectivity index (χ0n) is 13.2. The zero-order chi connectivity index (χ0) is 16.6. The van der Waals surface area contributed by atoms with Gasteiger partial charge in [0.1, 0.15) is 11.6 Å². The van der Waals surface area contributed by atoms with Crippen molar-refractivity contribution in [2.75, 3.05) is 0 Å². The van der Waals surface area contributed by atoms with Gasteiger partial charge in [0, 0.05) is 29.2 Å². The predicted molar refractivity (Wildman–Crippen MR) is 88.5 cm³/mol. The number of hydrogen-bond donors (Lipinski definition) is 1. The number of rotatable bonds is 2. The topological polar surface area (TPSA) is 74.5 Å². The highest BCUT2D eigenvalue weighted by Crippen LogP contribution is 2.32. The van der Waals surface area contributed by atoms with E-state index in [1.165, 1.54) is 0 Å². The maximum absolute atomic E-state index is 12.1. The molecule has 0 aliphatic rings. The predicted octanol–water partition coefficient (Wildman–Crippen LogP) is 3.02. The lowest BCUT2D eigenvalue weighted by Gasteiger charge is -2.15. The third kappa shape index (κ3) is 2.55. The molecule has 0 aliphatic carbocycles. The third-order valence-electron chi connectivity index (χ3n) is 3.75. The molecule has 0 bridgehead atoms. The van der Waals surface area contributed by atoms with Crippen LogP contribution in [-0.4, -0.2) is 14.8 Å². The Hall–Kier alpha value is -3.13. The molecule has 0 saturated heterocycles. The minimum absolute atomic E-state index is 0.119. The zero-order valence-corrected chi connectivity index (χ0v) is 13.2. The quantitative estimate of drug-likeness (QED) is 0.790. The highest BCUT2D eigenvalue weighted by atomic mass is 16.1. The molecule has 2 heterocycles. The summed E-state index contributed by atoms with van der Waals surface area (Å²) in [6, 6.07) is 9.75. The summed E-state index contributed by atoms with van der Waals surface area (Å²) in [7, 11) is 0. The van der Waals surface area contributed by atoms with E-state index in [1.807, 2.05) is 51.2 Å². The molecule has 0 saturated carbocycles. The average molecular weight is 304 g/mol. The summed E-state index contributed by atoms with van der Waals surface area (Å²) >= 11 is 0. The fraction of sp³-hybridized carbons (Fsp3) is 0.167. The minimum atomic E-state index is -0.368. The molecule has 0 aliphatic heterocycles. The molecule has 2 aromatic heterocycles. The smallest absolute Gasteiger partial charge is 0.266 e. The molecule has 0 spiro atoms. The van der Waals surface area contributed by atoms with Crippen molar-refractivity contribution in [3.8, 4) is 22.9 Å². The second kappa shape index (κ2) is 5.58. The van der Waals surface area contributed by atoms with Crippen LogP contribution in [0.15, 0.2) is 41.5 Å². The van der Waals surface area contributed by atoms with Crippen molar-refractivity contribution in [2.45, 2.75) is 20.8 Å². The highest BCUT2D eigenvalue weighted by Gasteiger charge is 2.17. The van der Waals surface area contributed by atoms with Gasteiger partial charge in [0.25, 0.3) is 5.56 Å². The Morgan fingerprint density at radius 1 is 1.17 bits per heavy atom. The van der Waals surface area contributed by atoms with E-state index in [-0.39, 0.29) is 11.1 Å². The molecule has 0 unspecified atom stereocenters. The highest BCUT2D eigenvalue weighted by molar-refractivity contribution is 5.79. The first-order valence-corrected chi connectivity index (χ1v) is 7.27. The Balaban J connectivity index is 2.43. The van der Waals surface area contributed by atoms with Crippen LogP contribution in [0.4, 0.5) is 0 Å². The van der Waals surface area contributed by atoms with Crippen LogP contribution in [0, 0.1) is 32.1 Å². The summed E-state index contributed by atoms with van der Waals surface area (Å²) in [5.74, 6) is 0. The molecule has 3 aromatic rings. The Morgan fingerprint density at radius 3 is 2.61 bits per heavy atom. The second-order valence-electron chi connectivity index (χ2n) is 5.61. The van der Waals surface area contributed by atoms with Crippen molar-refractivity contribution >= 4 is 0 Å². The number of hydrogen-bond acceptors (Lipinski definition) is 3. The molecule has 0 fully saturated rings. The SMILES string of the molecule is Cc1cc(C)c(-n2cccn2)c(-c2cc(C)[nH]c(=O)c2C#N)c1. The lowest BCUT2D eigenvalue weighted by Crippen LogP contribution is -2.13. The van der Waals surface area contributed by atoms with E-state index in [0.29, 0.717) is 5.56 Å². The van der Waals surface area contributed by atoms with Crippen LogP contribution < -0.4 is 5.56 Å². The van der Waals surface area contributed by atoms with Gasteiger partial charge in [-0.3, -0.25) is 4.79 Å². The largest absolute Gasteiger partial charge is 0.325 e. The molecular weight excluding hydrogens is 288 g/mol. The number of aromatic nitrogens is 3. The maximum atomic E-state index is 12.1. The number of aromatic amines is 1. The van der Waals surface area contributed by atoms with E-state index in [1.54, 1.807) is 10.9 Å². The Labute approximate surface area is 133 Å². The number of nitriles is 1. The molecular formula is C18H16N4O. The van der Waals surface area contributed by atoms with Crippen LogP contribution >= 0.6 is 0 Å². The Bertz CT molecular complexity index is 975. The fourth-order valence-electron chi connectivity index (χ4n) is 2.88. The summed E-state index contributed by atoms with van der Waals surface area (Å²) in [6.07, 6.45) is 3.56. The molecule has 0 amide bonds. The normalized spacial score (nSPS) is 10.5. The maximum Gasteiger partial charge on any atom is 0.266 e. The summed E-state index contributed by atoms with van der Waals surface area (Å²) in [5.41, 5.74) is 4.91. The van der Waals surface area contributed by atoms with Gasteiger partial charge in [-0.1, -0.05) is 11.6 Å². The monoisotopic (exact) mass is 304 g/mol. The summed E-state index contributed by atoms with van der Waals surface area (Å²) in [5, 5.41) is 13.7. The number of nitrogens with one attached hydrogen (secondary N) is 1. The van der Waals surface area contributed by atoms with Crippen LogP contribution in [0.3, 0.4) is 0 Å². The molecule has 5 nitrogen and oxygen atoms in total. The standard InChI is InChI=1S/C18H16N4O/c1-11-7-12(2)17(22-6-4-5-20-22)15(8-11)14-9-13(3)21-18(23)16(14)10-19/h4-9H,1-3H3,(H,21,23). The van der Waals surface area contributed by atoms with Crippen molar-refractivity contribution in [1.82, 2.24) is 14.8 Å². The molecule has 0 atom stereocenters. The summed E-state index contributed by atoms with van der Waals surface area (Å²) in [4.78, 5) is 14.8. The third-order valence-corrected chi connectivity index (χ3v) is 3.75. The van der Waals surface area contributed by atoms with Crippen LogP contribution in [0.25, 0.3) is 16.8 Å². The molecule has 1 aromatic carbocycles. The van der Waals surface area contributed by atoms with Crippen molar-refractivity contribution in [3.05, 3.63) is 69.4 Å². The summed E-state index contributed by atoms with van der Waals surface area (Å²) in [6.45, 7) is 5.80. The van der Waals surface area contributed by atoms with Gasteiger partial charge in [-0.25, -0.2) is 4.68 Å². The molecule has 5 heteroatoms. The Kier molecular flexibility index (Phi) is 3.59. The first-order chi connectivity index (χ1) is 11.0. The molecule has 114 valence electrons. The van der Waals surface area contributed by atoms with Crippen molar-refractivity contribution in [1.29, 1.82) is 5.26 Å². The van der Waals surface area contributed by atoms with Gasteiger partial charge in [0.2, 0.25) is 0 Å². The number of H-pyrrole nitrogens is 1. The van der Waals surface area contributed by atoms with E-state index < -0.39 is 0 Å². The Morgan fingerprint density at radius 2 is 1.96 bits per heavy atom. The molecule has 3 rings (SSSR count). The van der Waals surface area contributed by atoms with E-state index in [0.717, 1.165) is 28.1 Å². The van der Waals surface area contributed by atoms with Crippen molar-refractivity contribution < 1.29 is 0 Å². The van der Waals surface area contributed by atoms with Crippen LogP contribution in [-0.2, 0) is 0 Å². The lowest BCUT2D eigenvalue weighted by molar-refractivity contribution is 0.873.